The van der Waals surface area contributed by atoms with Gasteiger partial charge in [0.25, 0.3) is 0 Å². The number of aliphatic hydroxyl groups is 1. The van der Waals surface area contributed by atoms with Gasteiger partial charge in [0.2, 0.25) is 5.91 Å². The van der Waals surface area contributed by atoms with Crippen LogP contribution >= 0.6 is 0 Å². The molecule has 0 saturated carbocycles. The number of amides is 2. The summed E-state index contributed by atoms with van der Waals surface area (Å²) in [4.78, 5) is 22.2. The molecule has 0 aromatic rings. The van der Waals surface area contributed by atoms with Crippen molar-refractivity contribution in [2.75, 3.05) is 19.6 Å². The van der Waals surface area contributed by atoms with Crippen LogP contribution in [0.2, 0.25) is 0 Å². The van der Waals surface area contributed by atoms with E-state index in [1.54, 1.807) is 0 Å². The molecular weight excluding hydrogens is 262 g/mol. The minimum atomic E-state index is -1.05. The zero-order valence-electron chi connectivity index (χ0n) is 11.9. The summed E-state index contributed by atoms with van der Waals surface area (Å²) in [6, 6.07) is -0.193. The van der Waals surface area contributed by atoms with Gasteiger partial charge in [-0.05, 0) is 31.7 Å². The van der Waals surface area contributed by atoms with Crippen LogP contribution in [0.15, 0.2) is 0 Å². The highest BCUT2D eigenvalue weighted by Gasteiger charge is 2.23. The number of carbonyl (C=O) groups excluding carboxylic acids is 1. The van der Waals surface area contributed by atoms with Crippen molar-refractivity contribution in [2.45, 2.75) is 44.8 Å². The predicted molar refractivity (Wildman–Crippen MR) is 74.5 cm³/mol. The molecule has 1 fully saturated rings. The second-order valence-electron chi connectivity index (χ2n) is 5.42. The number of aliphatic hydroxyl groups excluding tert-OH is 1. The van der Waals surface area contributed by atoms with Gasteiger partial charge in [-0.2, -0.15) is 0 Å². The highest BCUT2D eigenvalue weighted by atomic mass is 16.4. The standard InChI is InChI=1S/C13H25N3O4/c1-9(4-6-15-13(19)20)7-12(18)16-10-3-2-5-14-8-11(10)17/h9-11,14-15,17H,2-8H2,1H3,(H,16,18)(H,19,20)/t9-,10?,11?/m0/s1. The Morgan fingerprint density at radius 1 is 1.45 bits per heavy atom. The van der Waals surface area contributed by atoms with Gasteiger partial charge < -0.3 is 26.2 Å². The van der Waals surface area contributed by atoms with Crippen molar-refractivity contribution >= 4 is 12.0 Å². The van der Waals surface area contributed by atoms with Gasteiger partial charge in [0.1, 0.15) is 0 Å². The molecule has 2 amide bonds. The Morgan fingerprint density at radius 3 is 2.90 bits per heavy atom. The molecule has 2 unspecified atom stereocenters. The van der Waals surface area contributed by atoms with Crippen molar-refractivity contribution in [2.24, 2.45) is 5.92 Å². The zero-order chi connectivity index (χ0) is 15.0. The average Bonchev–Trinajstić information content (AvgIpc) is 2.54. The molecule has 7 nitrogen and oxygen atoms in total. The van der Waals surface area contributed by atoms with Crippen molar-refractivity contribution in [3.05, 3.63) is 0 Å². The molecule has 0 spiro atoms. The summed E-state index contributed by atoms with van der Waals surface area (Å²) in [6.45, 7) is 3.62. The molecule has 3 atom stereocenters. The molecule has 116 valence electrons. The predicted octanol–water partition coefficient (Wildman–Crippen LogP) is -0.101. The third-order valence-corrected chi connectivity index (χ3v) is 3.48. The first-order valence-corrected chi connectivity index (χ1v) is 7.14. The molecule has 20 heavy (non-hydrogen) atoms. The summed E-state index contributed by atoms with van der Waals surface area (Å²) >= 11 is 0. The first-order chi connectivity index (χ1) is 9.49. The molecule has 7 heteroatoms. The minimum Gasteiger partial charge on any atom is -0.465 e. The van der Waals surface area contributed by atoms with Crippen molar-refractivity contribution in [1.82, 2.24) is 16.0 Å². The highest BCUT2D eigenvalue weighted by molar-refractivity contribution is 5.76. The lowest BCUT2D eigenvalue weighted by Crippen LogP contribution is -2.45. The van der Waals surface area contributed by atoms with Crippen LogP contribution in [-0.4, -0.2) is 54.0 Å². The van der Waals surface area contributed by atoms with Crippen molar-refractivity contribution in [1.29, 1.82) is 0 Å². The summed E-state index contributed by atoms with van der Waals surface area (Å²) in [5, 5.41) is 26.6. The second-order valence-corrected chi connectivity index (χ2v) is 5.42. The zero-order valence-corrected chi connectivity index (χ0v) is 11.9. The number of rotatable bonds is 6. The Kier molecular flexibility index (Phi) is 7.32. The Balaban J connectivity index is 2.25. The molecule has 0 aromatic heterocycles. The highest BCUT2D eigenvalue weighted by Crippen LogP contribution is 2.10. The molecule has 1 aliphatic heterocycles. The maximum atomic E-state index is 11.9. The van der Waals surface area contributed by atoms with E-state index >= 15 is 0 Å². The van der Waals surface area contributed by atoms with Crippen LogP contribution in [0.4, 0.5) is 4.79 Å². The third-order valence-electron chi connectivity index (χ3n) is 3.48. The maximum absolute atomic E-state index is 11.9. The Labute approximate surface area is 119 Å². The largest absolute Gasteiger partial charge is 0.465 e. The van der Waals surface area contributed by atoms with Crippen LogP contribution in [0, 0.1) is 5.92 Å². The molecule has 1 saturated heterocycles. The van der Waals surface area contributed by atoms with Gasteiger partial charge in [0, 0.05) is 19.5 Å². The third kappa shape index (κ3) is 6.72. The van der Waals surface area contributed by atoms with Gasteiger partial charge >= 0.3 is 6.09 Å². The van der Waals surface area contributed by atoms with E-state index in [0.717, 1.165) is 19.4 Å². The lowest BCUT2D eigenvalue weighted by Gasteiger charge is -2.22. The average molecular weight is 287 g/mol. The Hall–Kier alpha value is -1.34. The van der Waals surface area contributed by atoms with Gasteiger partial charge in [-0.3, -0.25) is 4.79 Å². The van der Waals surface area contributed by atoms with E-state index in [0.29, 0.717) is 25.9 Å². The maximum Gasteiger partial charge on any atom is 0.404 e. The minimum absolute atomic E-state index is 0.0845. The number of nitrogens with one attached hydrogen (secondary N) is 3. The molecular formula is C13H25N3O4. The summed E-state index contributed by atoms with van der Waals surface area (Å²) in [5.74, 6) is 0.0154. The fourth-order valence-electron chi connectivity index (χ4n) is 2.31. The van der Waals surface area contributed by atoms with Crippen LogP contribution in [0.25, 0.3) is 0 Å². The fourth-order valence-corrected chi connectivity index (χ4v) is 2.31. The molecule has 5 N–H and O–H groups in total. The topological polar surface area (TPSA) is 111 Å². The van der Waals surface area contributed by atoms with E-state index < -0.39 is 12.2 Å². The first-order valence-electron chi connectivity index (χ1n) is 7.14. The molecule has 0 aliphatic carbocycles. The molecule has 0 bridgehead atoms. The molecule has 1 heterocycles. The van der Waals surface area contributed by atoms with E-state index in [-0.39, 0.29) is 17.9 Å². The summed E-state index contributed by atoms with van der Waals surface area (Å²) in [5.41, 5.74) is 0. The van der Waals surface area contributed by atoms with Crippen LogP contribution in [0.5, 0.6) is 0 Å². The van der Waals surface area contributed by atoms with E-state index in [4.69, 9.17) is 5.11 Å². The van der Waals surface area contributed by atoms with Crippen molar-refractivity contribution in [3.8, 4) is 0 Å². The van der Waals surface area contributed by atoms with Crippen LogP contribution < -0.4 is 16.0 Å². The lowest BCUT2D eigenvalue weighted by molar-refractivity contribution is -0.123. The van der Waals surface area contributed by atoms with Crippen LogP contribution in [-0.2, 0) is 4.79 Å². The van der Waals surface area contributed by atoms with E-state index in [1.807, 2.05) is 6.92 Å². The van der Waals surface area contributed by atoms with Gasteiger partial charge in [-0.1, -0.05) is 6.92 Å². The first kappa shape index (κ1) is 16.7. The number of hydrogen-bond acceptors (Lipinski definition) is 4. The number of carbonyl (C=O) groups is 2. The number of hydrogen-bond donors (Lipinski definition) is 5. The van der Waals surface area contributed by atoms with E-state index in [9.17, 15) is 14.7 Å². The summed E-state index contributed by atoms with van der Waals surface area (Å²) in [6.07, 6.45) is 1.07. The SMILES string of the molecule is C[C@@H](CCNC(=O)O)CC(=O)NC1CCCNCC1O. The Morgan fingerprint density at radius 2 is 2.20 bits per heavy atom. The van der Waals surface area contributed by atoms with Crippen LogP contribution in [0.1, 0.15) is 32.6 Å². The van der Waals surface area contributed by atoms with Gasteiger partial charge in [0.15, 0.2) is 0 Å². The molecule has 1 aliphatic rings. The van der Waals surface area contributed by atoms with E-state index in [2.05, 4.69) is 16.0 Å². The molecule has 0 aromatic carbocycles. The molecule has 1 rings (SSSR count). The summed E-state index contributed by atoms with van der Waals surface area (Å²) in [7, 11) is 0. The molecule has 0 radical (unpaired) electrons. The van der Waals surface area contributed by atoms with Crippen molar-refractivity contribution < 1.29 is 19.8 Å². The summed E-state index contributed by atoms with van der Waals surface area (Å²) < 4.78 is 0. The number of carboxylic acid groups (broad SMARTS) is 1. The second kappa shape index (κ2) is 8.76. The van der Waals surface area contributed by atoms with Crippen LogP contribution in [0.3, 0.4) is 0 Å². The van der Waals surface area contributed by atoms with E-state index in [1.165, 1.54) is 0 Å². The quantitative estimate of drug-likeness (QED) is 0.468. The lowest BCUT2D eigenvalue weighted by atomic mass is 10.0. The normalized spacial score (nSPS) is 24.5. The number of β-amino-alcohol motifs (C(OH)–C–C–N with tert-alkyl or cyclic N) is 1. The monoisotopic (exact) mass is 287 g/mol. The van der Waals surface area contributed by atoms with Gasteiger partial charge in [0.05, 0.1) is 12.1 Å². The van der Waals surface area contributed by atoms with Gasteiger partial charge in [-0.25, -0.2) is 4.79 Å². The fraction of sp³-hybridized carbons (Fsp3) is 0.846. The van der Waals surface area contributed by atoms with Crippen molar-refractivity contribution in [3.63, 3.8) is 0 Å². The Bertz CT molecular complexity index is 325. The van der Waals surface area contributed by atoms with Gasteiger partial charge in [-0.15, -0.1) is 0 Å². The smallest absolute Gasteiger partial charge is 0.404 e.